The molecule has 4 nitrogen and oxygen atoms in total. The van der Waals surface area contributed by atoms with Crippen molar-refractivity contribution in [1.29, 1.82) is 0 Å². The Morgan fingerprint density at radius 1 is 1.15 bits per heavy atom. The topological polar surface area (TPSA) is 58.2 Å². The lowest BCUT2D eigenvalue weighted by atomic mass is 10.3. The molecule has 0 unspecified atom stereocenters. The molecule has 0 spiro atoms. The van der Waals surface area contributed by atoms with E-state index < -0.39 is 10.0 Å². The van der Waals surface area contributed by atoms with Crippen molar-refractivity contribution in [3.63, 3.8) is 0 Å². The Kier molecular flexibility index (Phi) is 2.58. The molecule has 0 radical (unpaired) electrons. The van der Waals surface area contributed by atoms with Gasteiger partial charge in [0, 0.05) is 19.1 Å². The lowest BCUT2D eigenvalue weighted by Crippen LogP contribution is -2.56. The molecule has 2 N–H and O–H groups in total. The number of hydrogen-bond donors (Lipinski definition) is 2. The van der Waals surface area contributed by atoms with Crippen molar-refractivity contribution in [3.8, 4) is 0 Å². The SMILES string of the molecule is O=S(=O)(NC1CCCC1)C1CNC1. The average molecular weight is 204 g/mol. The highest BCUT2D eigenvalue weighted by atomic mass is 32.2. The molecule has 1 aliphatic heterocycles. The van der Waals surface area contributed by atoms with Gasteiger partial charge in [0.05, 0.1) is 0 Å². The van der Waals surface area contributed by atoms with Gasteiger partial charge in [-0.05, 0) is 12.8 Å². The summed E-state index contributed by atoms with van der Waals surface area (Å²) in [7, 11) is -3.02. The molecule has 1 saturated heterocycles. The fraction of sp³-hybridized carbons (Fsp3) is 1.00. The first-order chi connectivity index (χ1) is 6.18. The highest BCUT2D eigenvalue weighted by molar-refractivity contribution is 7.90. The predicted molar refractivity (Wildman–Crippen MR) is 51.0 cm³/mol. The van der Waals surface area contributed by atoms with Gasteiger partial charge < -0.3 is 5.32 Å². The quantitative estimate of drug-likeness (QED) is 0.670. The van der Waals surface area contributed by atoms with Crippen LogP contribution in [0.2, 0.25) is 0 Å². The zero-order valence-electron chi connectivity index (χ0n) is 7.62. The van der Waals surface area contributed by atoms with Gasteiger partial charge >= 0.3 is 0 Å². The highest BCUT2D eigenvalue weighted by Crippen LogP contribution is 2.19. The monoisotopic (exact) mass is 204 g/mol. The second-order valence-electron chi connectivity index (χ2n) is 3.92. The maximum absolute atomic E-state index is 11.6. The van der Waals surface area contributed by atoms with Gasteiger partial charge in [-0.1, -0.05) is 12.8 Å². The number of nitrogens with one attached hydrogen (secondary N) is 2. The maximum atomic E-state index is 11.6. The molecule has 76 valence electrons. The van der Waals surface area contributed by atoms with Crippen LogP contribution >= 0.6 is 0 Å². The molecule has 5 heteroatoms. The van der Waals surface area contributed by atoms with Gasteiger partial charge in [-0.3, -0.25) is 0 Å². The molecule has 1 heterocycles. The van der Waals surface area contributed by atoms with E-state index in [1.54, 1.807) is 0 Å². The summed E-state index contributed by atoms with van der Waals surface area (Å²) in [6, 6.07) is 0.214. The Labute approximate surface area is 79.1 Å². The summed E-state index contributed by atoms with van der Waals surface area (Å²) in [6.45, 7) is 1.23. The molecule has 1 saturated carbocycles. The van der Waals surface area contributed by atoms with Crippen LogP contribution in [0.1, 0.15) is 25.7 Å². The van der Waals surface area contributed by atoms with Gasteiger partial charge in [0.2, 0.25) is 10.0 Å². The first-order valence-electron chi connectivity index (χ1n) is 4.90. The van der Waals surface area contributed by atoms with Crippen molar-refractivity contribution >= 4 is 10.0 Å². The van der Waals surface area contributed by atoms with Crippen molar-refractivity contribution in [2.24, 2.45) is 0 Å². The molecule has 0 aromatic rings. The summed E-state index contributed by atoms with van der Waals surface area (Å²) in [6.07, 6.45) is 4.35. The van der Waals surface area contributed by atoms with Gasteiger partial charge in [0.15, 0.2) is 0 Å². The summed E-state index contributed by atoms with van der Waals surface area (Å²) >= 11 is 0. The summed E-state index contributed by atoms with van der Waals surface area (Å²) in [5.41, 5.74) is 0. The van der Waals surface area contributed by atoms with Gasteiger partial charge in [-0.2, -0.15) is 0 Å². The second kappa shape index (κ2) is 3.55. The second-order valence-corrected chi connectivity index (χ2v) is 5.92. The third-order valence-corrected chi connectivity index (χ3v) is 4.74. The summed E-state index contributed by atoms with van der Waals surface area (Å²) in [4.78, 5) is 0. The molecule has 2 aliphatic rings. The molecule has 0 atom stereocenters. The summed E-state index contributed by atoms with van der Waals surface area (Å²) in [5, 5.41) is 2.79. The van der Waals surface area contributed by atoms with Crippen molar-refractivity contribution in [2.75, 3.05) is 13.1 Å². The number of sulfonamides is 1. The predicted octanol–water partition coefficient (Wildman–Crippen LogP) is -0.180. The van der Waals surface area contributed by atoms with Crippen molar-refractivity contribution in [2.45, 2.75) is 37.0 Å². The van der Waals surface area contributed by atoms with E-state index in [4.69, 9.17) is 0 Å². The molecule has 0 amide bonds. The Balaban J connectivity index is 1.91. The molecule has 13 heavy (non-hydrogen) atoms. The normalized spacial score (nSPS) is 26.2. The Bertz CT molecular complexity index is 266. The van der Waals surface area contributed by atoms with Crippen LogP contribution in [0, 0.1) is 0 Å². The number of hydrogen-bond acceptors (Lipinski definition) is 3. The molecule has 2 fully saturated rings. The van der Waals surface area contributed by atoms with E-state index in [9.17, 15) is 8.42 Å². The van der Waals surface area contributed by atoms with Gasteiger partial charge in [-0.15, -0.1) is 0 Å². The van der Waals surface area contributed by atoms with E-state index in [2.05, 4.69) is 10.0 Å². The van der Waals surface area contributed by atoms with Gasteiger partial charge in [0.1, 0.15) is 5.25 Å². The first-order valence-corrected chi connectivity index (χ1v) is 6.45. The Morgan fingerprint density at radius 2 is 1.77 bits per heavy atom. The van der Waals surface area contributed by atoms with E-state index in [0.717, 1.165) is 25.7 Å². The zero-order valence-corrected chi connectivity index (χ0v) is 8.44. The van der Waals surface area contributed by atoms with E-state index in [1.807, 2.05) is 0 Å². The lowest BCUT2D eigenvalue weighted by Gasteiger charge is -2.28. The largest absolute Gasteiger partial charge is 0.314 e. The minimum atomic E-state index is -3.02. The van der Waals surface area contributed by atoms with E-state index in [-0.39, 0.29) is 11.3 Å². The standard InChI is InChI=1S/C8H16N2O2S/c11-13(12,8-5-9-6-8)10-7-3-1-2-4-7/h7-10H,1-6H2. The van der Waals surface area contributed by atoms with Crippen LogP contribution in [-0.4, -0.2) is 32.8 Å². The molecule has 0 aromatic carbocycles. The smallest absolute Gasteiger partial charge is 0.217 e. The molecule has 0 bridgehead atoms. The van der Waals surface area contributed by atoms with Crippen molar-refractivity contribution in [3.05, 3.63) is 0 Å². The molecule has 2 rings (SSSR count). The highest BCUT2D eigenvalue weighted by Gasteiger charge is 2.33. The van der Waals surface area contributed by atoms with E-state index >= 15 is 0 Å². The van der Waals surface area contributed by atoms with Crippen molar-refractivity contribution < 1.29 is 8.42 Å². The van der Waals surface area contributed by atoms with Gasteiger partial charge in [-0.25, -0.2) is 13.1 Å². The summed E-state index contributed by atoms with van der Waals surface area (Å²) < 4.78 is 26.0. The van der Waals surface area contributed by atoms with E-state index in [1.165, 1.54) is 0 Å². The van der Waals surface area contributed by atoms with Crippen molar-refractivity contribution in [1.82, 2.24) is 10.0 Å². The maximum Gasteiger partial charge on any atom is 0.217 e. The molecule has 0 aromatic heterocycles. The first kappa shape index (κ1) is 9.43. The molecule has 1 aliphatic carbocycles. The van der Waals surface area contributed by atoms with Crippen LogP contribution in [0.4, 0.5) is 0 Å². The third-order valence-electron chi connectivity index (χ3n) is 2.87. The zero-order chi connectivity index (χ0) is 9.31. The third kappa shape index (κ3) is 2.03. The Morgan fingerprint density at radius 3 is 2.23 bits per heavy atom. The average Bonchev–Trinajstić information content (AvgIpc) is 2.32. The molecular weight excluding hydrogens is 188 g/mol. The van der Waals surface area contributed by atoms with E-state index in [0.29, 0.717) is 13.1 Å². The Hall–Kier alpha value is -0.130. The lowest BCUT2D eigenvalue weighted by molar-refractivity contribution is 0.477. The van der Waals surface area contributed by atoms with Crippen LogP contribution in [0.3, 0.4) is 0 Å². The van der Waals surface area contributed by atoms with Crippen LogP contribution in [0.15, 0.2) is 0 Å². The van der Waals surface area contributed by atoms with Crippen LogP contribution in [0.25, 0.3) is 0 Å². The van der Waals surface area contributed by atoms with Gasteiger partial charge in [0.25, 0.3) is 0 Å². The minimum absolute atomic E-state index is 0.187. The van der Waals surface area contributed by atoms with Crippen LogP contribution < -0.4 is 10.0 Å². The molecular formula is C8H16N2O2S. The fourth-order valence-corrected chi connectivity index (χ4v) is 3.42. The number of rotatable bonds is 3. The fourth-order valence-electron chi connectivity index (χ4n) is 1.85. The summed E-state index contributed by atoms with van der Waals surface area (Å²) in [5.74, 6) is 0. The van der Waals surface area contributed by atoms with Crippen LogP contribution in [0.5, 0.6) is 0 Å². The van der Waals surface area contributed by atoms with Crippen LogP contribution in [-0.2, 0) is 10.0 Å². The minimum Gasteiger partial charge on any atom is -0.314 e.